The van der Waals surface area contributed by atoms with E-state index in [2.05, 4.69) is 41.8 Å². The van der Waals surface area contributed by atoms with Gasteiger partial charge < -0.3 is 19.8 Å². The summed E-state index contributed by atoms with van der Waals surface area (Å²) in [6.07, 6.45) is 3.34. The molecule has 0 radical (unpaired) electrons. The van der Waals surface area contributed by atoms with Gasteiger partial charge in [0.25, 0.3) is 0 Å². The van der Waals surface area contributed by atoms with Crippen LogP contribution in [0.5, 0.6) is 5.75 Å². The molecule has 0 aliphatic carbocycles. The van der Waals surface area contributed by atoms with Crippen molar-refractivity contribution >= 4 is 39.7 Å². The predicted octanol–water partition coefficient (Wildman–Crippen LogP) is 7.12. The van der Waals surface area contributed by atoms with E-state index in [0.717, 1.165) is 38.8 Å². The molecule has 3 aromatic carbocycles. The number of anilines is 2. The first-order valence-electron chi connectivity index (χ1n) is 11.9. The van der Waals surface area contributed by atoms with E-state index in [-0.39, 0.29) is 11.8 Å². The Bertz CT molecular complexity index is 1450. The molecule has 0 saturated heterocycles. The number of hydrogen-bond donors (Lipinski definition) is 2. The van der Waals surface area contributed by atoms with Crippen LogP contribution in [0.15, 0.2) is 71.4 Å². The molecule has 0 bridgehead atoms. The zero-order valence-corrected chi connectivity index (χ0v) is 21.2. The van der Waals surface area contributed by atoms with Crippen LogP contribution in [0.4, 0.5) is 11.4 Å². The van der Waals surface area contributed by atoms with Crippen LogP contribution in [0, 0.1) is 13.8 Å². The lowest BCUT2D eigenvalue weighted by Gasteiger charge is -2.15. The topological polar surface area (TPSA) is 80.6 Å². The van der Waals surface area contributed by atoms with Crippen LogP contribution < -0.4 is 15.4 Å². The Hall–Kier alpha value is -4.32. The van der Waals surface area contributed by atoms with E-state index in [1.807, 2.05) is 26.8 Å². The number of allylic oxidation sites excluding steroid dienone is 1. The third-order valence-electron chi connectivity index (χ3n) is 5.94. The number of carbonyl (C=O) groups excluding carboxylic acids is 2. The van der Waals surface area contributed by atoms with Gasteiger partial charge in [0.2, 0.25) is 11.8 Å². The number of nitrogens with one attached hydrogen (secondary N) is 2. The molecule has 36 heavy (non-hydrogen) atoms. The molecular weight excluding hydrogens is 452 g/mol. The lowest BCUT2D eigenvalue weighted by Crippen LogP contribution is -2.09. The molecule has 1 heterocycles. The zero-order valence-electron chi connectivity index (χ0n) is 21.2. The smallest absolute Gasteiger partial charge is 0.248 e. The Labute approximate surface area is 211 Å². The molecule has 0 fully saturated rings. The van der Waals surface area contributed by atoms with Crippen molar-refractivity contribution in [3.05, 3.63) is 83.6 Å². The van der Waals surface area contributed by atoms with Gasteiger partial charge in [-0.3, -0.25) is 9.59 Å². The van der Waals surface area contributed by atoms with Gasteiger partial charge in [0.15, 0.2) is 0 Å². The summed E-state index contributed by atoms with van der Waals surface area (Å²) in [5.74, 6) is 0.299. The molecule has 0 aliphatic heterocycles. The maximum absolute atomic E-state index is 12.8. The summed E-state index contributed by atoms with van der Waals surface area (Å²) in [6, 6.07) is 17.3. The van der Waals surface area contributed by atoms with Crippen LogP contribution in [-0.2, 0) is 9.59 Å². The fourth-order valence-corrected chi connectivity index (χ4v) is 4.19. The highest BCUT2D eigenvalue weighted by Crippen LogP contribution is 2.40. The summed E-state index contributed by atoms with van der Waals surface area (Å²) in [7, 11) is 0. The number of amides is 2. The van der Waals surface area contributed by atoms with Gasteiger partial charge in [-0.05, 0) is 69.2 Å². The van der Waals surface area contributed by atoms with Gasteiger partial charge in [-0.1, -0.05) is 29.8 Å². The minimum Gasteiger partial charge on any atom is -0.493 e. The van der Waals surface area contributed by atoms with Gasteiger partial charge in [0.1, 0.15) is 11.3 Å². The minimum absolute atomic E-state index is 0.147. The van der Waals surface area contributed by atoms with Crippen molar-refractivity contribution in [3.8, 4) is 16.9 Å². The van der Waals surface area contributed by atoms with E-state index in [9.17, 15) is 9.59 Å². The van der Waals surface area contributed by atoms with E-state index < -0.39 is 0 Å². The molecule has 4 aromatic rings. The number of carbonyl (C=O) groups is 2. The summed E-state index contributed by atoms with van der Waals surface area (Å²) in [5.41, 5.74) is 7.83. The molecule has 2 amide bonds. The number of ether oxygens (including phenoxy) is 1. The molecular formula is C30H30N2O4. The Morgan fingerprint density at radius 3 is 2.19 bits per heavy atom. The highest BCUT2D eigenvalue weighted by atomic mass is 16.5. The third kappa shape index (κ3) is 5.33. The Kier molecular flexibility index (Phi) is 7.25. The molecule has 1 aromatic heterocycles. The van der Waals surface area contributed by atoms with Crippen molar-refractivity contribution in [2.24, 2.45) is 0 Å². The predicted molar refractivity (Wildman–Crippen MR) is 145 cm³/mol. The van der Waals surface area contributed by atoms with Gasteiger partial charge in [0, 0.05) is 46.5 Å². The van der Waals surface area contributed by atoms with Crippen molar-refractivity contribution < 1.29 is 18.7 Å². The van der Waals surface area contributed by atoms with E-state index in [1.54, 1.807) is 36.6 Å². The summed E-state index contributed by atoms with van der Waals surface area (Å²) in [4.78, 5) is 24.0. The van der Waals surface area contributed by atoms with E-state index >= 15 is 0 Å². The second-order valence-corrected chi connectivity index (χ2v) is 8.78. The van der Waals surface area contributed by atoms with Gasteiger partial charge in [0.05, 0.1) is 12.9 Å². The Balaban J connectivity index is 1.68. The number of fused-ring (bicyclic) bond motifs is 1. The largest absolute Gasteiger partial charge is 0.493 e. The minimum atomic E-state index is -0.258. The van der Waals surface area contributed by atoms with Crippen LogP contribution >= 0.6 is 0 Å². The number of furan rings is 1. The monoisotopic (exact) mass is 482 g/mol. The third-order valence-corrected chi connectivity index (χ3v) is 5.94. The Morgan fingerprint density at radius 2 is 1.58 bits per heavy atom. The molecule has 2 N–H and O–H groups in total. The molecule has 0 spiro atoms. The fourth-order valence-electron chi connectivity index (χ4n) is 4.19. The first kappa shape index (κ1) is 24.8. The highest BCUT2D eigenvalue weighted by Gasteiger charge is 2.19. The molecule has 4 rings (SSSR count). The molecule has 0 saturated carbocycles. The molecule has 0 unspecified atom stereocenters. The van der Waals surface area contributed by atoms with E-state index in [4.69, 9.17) is 9.15 Å². The van der Waals surface area contributed by atoms with Crippen LogP contribution in [0.1, 0.15) is 37.5 Å². The second-order valence-electron chi connectivity index (χ2n) is 8.78. The fraction of sp³-hybridized carbons (Fsp3) is 0.200. The average molecular weight is 483 g/mol. The number of rotatable bonds is 7. The molecule has 6 nitrogen and oxygen atoms in total. The average Bonchev–Trinajstić information content (AvgIpc) is 3.26. The number of aryl methyl sites for hydroxylation is 2. The van der Waals surface area contributed by atoms with Crippen LogP contribution in [0.3, 0.4) is 0 Å². The molecule has 0 aliphatic rings. The summed E-state index contributed by atoms with van der Waals surface area (Å²) >= 11 is 0. The van der Waals surface area contributed by atoms with Gasteiger partial charge in [-0.25, -0.2) is 0 Å². The normalized spacial score (nSPS) is 11.4. The summed E-state index contributed by atoms with van der Waals surface area (Å²) in [6.45, 7) is 9.81. The van der Waals surface area contributed by atoms with Crippen LogP contribution in [-0.4, -0.2) is 18.4 Å². The van der Waals surface area contributed by atoms with E-state index in [0.29, 0.717) is 23.7 Å². The number of benzene rings is 3. The summed E-state index contributed by atoms with van der Waals surface area (Å²) in [5, 5.41) is 6.55. The van der Waals surface area contributed by atoms with E-state index in [1.165, 1.54) is 12.5 Å². The van der Waals surface area contributed by atoms with Crippen molar-refractivity contribution in [1.82, 2.24) is 0 Å². The van der Waals surface area contributed by atoms with Crippen molar-refractivity contribution in [3.63, 3.8) is 0 Å². The van der Waals surface area contributed by atoms with Crippen LogP contribution in [0.2, 0.25) is 0 Å². The quantitative estimate of drug-likeness (QED) is 0.275. The zero-order chi connectivity index (χ0) is 25.8. The summed E-state index contributed by atoms with van der Waals surface area (Å²) < 4.78 is 12.0. The van der Waals surface area contributed by atoms with Gasteiger partial charge >= 0.3 is 0 Å². The maximum atomic E-state index is 12.8. The van der Waals surface area contributed by atoms with Gasteiger partial charge in [-0.15, -0.1) is 0 Å². The van der Waals surface area contributed by atoms with Crippen molar-refractivity contribution in [1.29, 1.82) is 0 Å². The first-order valence-corrected chi connectivity index (χ1v) is 11.9. The maximum Gasteiger partial charge on any atom is 0.248 e. The molecule has 0 atom stereocenters. The van der Waals surface area contributed by atoms with Crippen molar-refractivity contribution in [2.75, 3.05) is 17.2 Å². The molecule has 6 heteroatoms. The lowest BCUT2D eigenvalue weighted by molar-refractivity contribution is -0.114. The standard InChI is InChI=1S/C30H30N2O4/c1-6-35-29-20(4)30-26(27(17-36-30)22-9-7-18(2)8-10-22)16-25(29)19(3)15-28(34)32-24-13-11-23(12-14-24)31-21(5)33/h7-17H,6H2,1-5H3,(H,31,33)(H,32,34)/b19-15+. The first-order chi connectivity index (χ1) is 17.3. The Morgan fingerprint density at radius 1 is 0.944 bits per heavy atom. The van der Waals surface area contributed by atoms with Crippen LogP contribution in [0.25, 0.3) is 27.7 Å². The van der Waals surface area contributed by atoms with Gasteiger partial charge in [-0.2, -0.15) is 0 Å². The lowest BCUT2D eigenvalue weighted by atomic mass is 9.96. The molecule has 184 valence electrons. The van der Waals surface area contributed by atoms with Crippen molar-refractivity contribution in [2.45, 2.75) is 34.6 Å². The number of hydrogen-bond acceptors (Lipinski definition) is 4. The second kappa shape index (κ2) is 10.5. The SMILES string of the molecule is CCOc1c(/C(C)=C/C(=O)Nc2ccc(NC(C)=O)cc2)cc2c(-c3ccc(C)cc3)coc2c1C. The highest BCUT2D eigenvalue weighted by molar-refractivity contribution is 6.06.